The Balaban J connectivity index is 1.55. The van der Waals surface area contributed by atoms with Crippen LogP contribution in [0.3, 0.4) is 0 Å². The molecule has 148 valence electrons. The van der Waals surface area contributed by atoms with Crippen molar-refractivity contribution in [3.8, 4) is 6.07 Å². The third-order valence-corrected chi connectivity index (χ3v) is 4.89. The van der Waals surface area contributed by atoms with Crippen LogP contribution in [0.2, 0.25) is 5.02 Å². The van der Waals surface area contributed by atoms with E-state index in [0.717, 1.165) is 12.8 Å². The number of nitrogens with one attached hydrogen (secondary N) is 3. The molecular weight excluding hydrogens is 388 g/mol. The molecule has 0 radical (unpaired) electrons. The third-order valence-electron chi connectivity index (χ3n) is 4.57. The number of para-hydroxylation sites is 2. The number of anilines is 3. The first kappa shape index (κ1) is 20.4. The van der Waals surface area contributed by atoms with E-state index in [1.165, 1.54) is 6.07 Å². The van der Waals surface area contributed by atoms with E-state index in [1.807, 2.05) is 18.2 Å². The first-order valence-corrected chi connectivity index (χ1v) is 9.72. The van der Waals surface area contributed by atoms with Crippen LogP contribution >= 0.6 is 11.6 Å². The van der Waals surface area contributed by atoms with Crippen molar-refractivity contribution in [3.05, 3.63) is 65.2 Å². The van der Waals surface area contributed by atoms with Crippen LogP contribution in [0.25, 0.3) is 0 Å². The summed E-state index contributed by atoms with van der Waals surface area (Å²) in [6.45, 7) is 0.00979. The van der Waals surface area contributed by atoms with E-state index < -0.39 is 0 Å². The highest BCUT2D eigenvalue weighted by atomic mass is 35.5. The Morgan fingerprint density at radius 2 is 1.90 bits per heavy atom. The number of amides is 2. The van der Waals surface area contributed by atoms with Crippen molar-refractivity contribution in [2.45, 2.75) is 19.3 Å². The lowest BCUT2D eigenvalue weighted by Gasteiger charge is -2.14. The molecule has 0 fully saturated rings. The average molecular weight is 409 g/mol. The topological polar surface area (TPSA) is 94.0 Å². The number of carbonyl (C=O) groups excluding carboxylic acids is 2. The number of benzene rings is 2. The summed E-state index contributed by atoms with van der Waals surface area (Å²) in [5, 5.41) is 17.9. The Hall–Kier alpha value is -3.30. The summed E-state index contributed by atoms with van der Waals surface area (Å²) in [5.74, 6) is -0.0318. The quantitative estimate of drug-likeness (QED) is 0.585. The van der Waals surface area contributed by atoms with Gasteiger partial charge in [-0.15, -0.1) is 0 Å². The second-order valence-corrected chi connectivity index (χ2v) is 7.18. The van der Waals surface area contributed by atoms with Gasteiger partial charge in [0.05, 0.1) is 28.5 Å². The number of hydrogen-bond donors (Lipinski definition) is 3. The number of halogens is 1. The minimum absolute atomic E-state index is 0.00979. The zero-order valence-electron chi connectivity index (χ0n) is 15.7. The maximum Gasteiger partial charge on any atom is 0.243 e. The van der Waals surface area contributed by atoms with Crippen molar-refractivity contribution in [2.75, 3.05) is 22.5 Å². The van der Waals surface area contributed by atoms with E-state index in [0.29, 0.717) is 35.0 Å². The zero-order valence-corrected chi connectivity index (χ0v) is 16.5. The number of allylic oxidation sites excluding steroid dienone is 2. The smallest absolute Gasteiger partial charge is 0.243 e. The Labute approximate surface area is 174 Å². The second kappa shape index (κ2) is 9.76. The van der Waals surface area contributed by atoms with Crippen molar-refractivity contribution in [1.29, 1.82) is 5.26 Å². The fourth-order valence-corrected chi connectivity index (χ4v) is 3.34. The highest BCUT2D eigenvalue weighted by molar-refractivity contribution is 6.32. The van der Waals surface area contributed by atoms with Crippen LogP contribution in [-0.4, -0.2) is 18.4 Å². The van der Waals surface area contributed by atoms with E-state index in [4.69, 9.17) is 16.9 Å². The van der Waals surface area contributed by atoms with E-state index in [1.54, 1.807) is 24.3 Å². The molecule has 3 rings (SSSR count). The Morgan fingerprint density at radius 1 is 1.10 bits per heavy atom. The van der Waals surface area contributed by atoms with Crippen LogP contribution in [0.5, 0.6) is 0 Å². The second-order valence-electron chi connectivity index (χ2n) is 6.77. The van der Waals surface area contributed by atoms with Gasteiger partial charge in [-0.1, -0.05) is 35.9 Å². The average Bonchev–Trinajstić information content (AvgIpc) is 3.20. The van der Waals surface area contributed by atoms with Crippen molar-refractivity contribution in [1.82, 2.24) is 0 Å². The summed E-state index contributed by atoms with van der Waals surface area (Å²) >= 11 is 5.98. The minimum Gasteiger partial charge on any atom is -0.374 e. The fourth-order valence-electron chi connectivity index (χ4n) is 3.12. The molecular formula is C22H21ClN4O2. The monoisotopic (exact) mass is 408 g/mol. The van der Waals surface area contributed by atoms with Gasteiger partial charge in [-0.3, -0.25) is 9.59 Å². The minimum atomic E-state index is -0.275. The number of carbonyl (C=O) groups is 2. The number of hydrogen-bond acceptors (Lipinski definition) is 4. The summed E-state index contributed by atoms with van der Waals surface area (Å²) in [6.07, 6.45) is 6.67. The summed E-state index contributed by atoms with van der Waals surface area (Å²) < 4.78 is 0. The Morgan fingerprint density at radius 3 is 2.59 bits per heavy atom. The molecule has 29 heavy (non-hydrogen) atoms. The van der Waals surface area contributed by atoms with Crippen LogP contribution in [-0.2, 0) is 9.59 Å². The number of nitriles is 1. The lowest BCUT2D eigenvalue weighted by molar-refractivity contribution is -0.117. The molecule has 0 aliphatic heterocycles. The lowest BCUT2D eigenvalue weighted by Crippen LogP contribution is -2.23. The Bertz CT molecular complexity index is 981. The van der Waals surface area contributed by atoms with Crippen LogP contribution < -0.4 is 16.0 Å². The first-order valence-electron chi connectivity index (χ1n) is 9.34. The predicted molar refractivity (Wildman–Crippen MR) is 115 cm³/mol. The normalized spacial score (nSPS) is 14.8. The van der Waals surface area contributed by atoms with Gasteiger partial charge >= 0.3 is 0 Å². The van der Waals surface area contributed by atoms with Gasteiger partial charge in [-0.2, -0.15) is 5.26 Å². The van der Waals surface area contributed by atoms with Gasteiger partial charge in [0, 0.05) is 12.1 Å². The van der Waals surface area contributed by atoms with Crippen LogP contribution in [0.15, 0.2) is 54.6 Å². The van der Waals surface area contributed by atoms with Crippen molar-refractivity contribution < 1.29 is 9.59 Å². The summed E-state index contributed by atoms with van der Waals surface area (Å²) in [6, 6.07) is 13.9. The molecule has 3 N–H and O–H groups in total. The highest BCUT2D eigenvalue weighted by Crippen LogP contribution is 2.24. The van der Waals surface area contributed by atoms with Gasteiger partial charge in [-0.25, -0.2) is 0 Å². The van der Waals surface area contributed by atoms with Crippen LogP contribution in [0.1, 0.15) is 24.8 Å². The van der Waals surface area contributed by atoms with E-state index in [2.05, 4.69) is 28.1 Å². The SMILES string of the molecule is N#Cc1ccc(NC(=O)CNc2ccccc2NC(=O)CC2C=CCC2)cc1Cl. The molecule has 6 nitrogen and oxygen atoms in total. The lowest BCUT2D eigenvalue weighted by atomic mass is 10.0. The maximum absolute atomic E-state index is 12.3. The predicted octanol–water partition coefficient (Wildman–Crippen LogP) is 4.56. The molecule has 2 aromatic carbocycles. The molecule has 0 saturated heterocycles. The first-order chi connectivity index (χ1) is 14.0. The van der Waals surface area contributed by atoms with Gasteiger partial charge < -0.3 is 16.0 Å². The van der Waals surface area contributed by atoms with Gasteiger partial charge in [0.2, 0.25) is 11.8 Å². The number of nitrogens with zero attached hydrogens (tertiary/aromatic N) is 1. The largest absolute Gasteiger partial charge is 0.374 e. The molecule has 0 heterocycles. The maximum atomic E-state index is 12.3. The van der Waals surface area contributed by atoms with Crippen LogP contribution in [0.4, 0.5) is 17.1 Å². The molecule has 1 aliphatic carbocycles. The molecule has 1 unspecified atom stereocenters. The van der Waals surface area contributed by atoms with Crippen molar-refractivity contribution >= 4 is 40.5 Å². The van der Waals surface area contributed by atoms with Gasteiger partial charge in [-0.05, 0) is 49.1 Å². The fraction of sp³-hybridized carbons (Fsp3) is 0.227. The Kier molecular flexibility index (Phi) is 6.88. The van der Waals surface area contributed by atoms with Gasteiger partial charge in [0.1, 0.15) is 6.07 Å². The zero-order chi connectivity index (χ0) is 20.6. The summed E-state index contributed by atoms with van der Waals surface area (Å²) in [5.41, 5.74) is 2.15. The standard InChI is InChI=1S/C22H21ClN4O2/c23-18-12-17(10-9-16(18)13-24)26-22(29)14-25-19-7-3-4-8-20(19)27-21(28)11-15-5-1-2-6-15/h1,3-5,7-10,12,15,25H,2,6,11,14H2,(H,26,29)(H,27,28). The molecule has 0 spiro atoms. The van der Waals surface area contributed by atoms with E-state index in [-0.39, 0.29) is 23.4 Å². The van der Waals surface area contributed by atoms with Gasteiger partial charge in [0.25, 0.3) is 0 Å². The van der Waals surface area contributed by atoms with Crippen LogP contribution in [0, 0.1) is 17.2 Å². The molecule has 2 amide bonds. The molecule has 1 aliphatic rings. The molecule has 1 atom stereocenters. The highest BCUT2D eigenvalue weighted by Gasteiger charge is 2.15. The molecule has 0 aromatic heterocycles. The van der Waals surface area contributed by atoms with E-state index >= 15 is 0 Å². The molecule has 0 saturated carbocycles. The molecule has 0 bridgehead atoms. The van der Waals surface area contributed by atoms with Crippen molar-refractivity contribution in [2.24, 2.45) is 5.92 Å². The molecule has 2 aromatic rings. The summed E-state index contributed by atoms with van der Waals surface area (Å²) in [7, 11) is 0. The molecule has 7 heteroatoms. The number of rotatable bonds is 7. The van der Waals surface area contributed by atoms with E-state index in [9.17, 15) is 9.59 Å². The summed E-state index contributed by atoms with van der Waals surface area (Å²) in [4.78, 5) is 24.5. The van der Waals surface area contributed by atoms with Gasteiger partial charge in [0.15, 0.2) is 0 Å². The van der Waals surface area contributed by atoms with Crippen molar-refractivity contribution in [3.63, 3.8) is 0 Å². The third kappa shape index (κ3) is 5.84.